The molecule has 88 valence electrons. The van der Waals surface area contributed by atoms with Crippen LogP contribution in [0.1, 0.15) is 0 Å². The molecule has 14 heavy (non-hydrogen) atoms. The maximum Gasteiger partial charge on any atom is 3.00 e. The van der Waals surface area contributed by atoms with Crippen LogP contribution < -0.4 is 25.1 Å². The van der Waals surface area contributed by atoms with Crippen LogP contribution in [-0.2, 0) is 11.5 Å². The van der Waals surface area contributed by atoms with Crippen LogP contribution in [0.4, 0.5) is 0 Å². The van der Waals surface area contributed by atoms with Gasteiger partial charge in [0.1, 0.15) is 0 Å². The predicted molar refractivity (Wildman–Crippen MR) is 19.3 cm³/mol. The quantitative estimate of drug-likeness (QED) is 0.222. The molecule has 2 radical (unpaired) electrons. The van der Waals surface area contributed by atoms with E-state index in [1.165, 1.54) is 0 Å². The fourth-order valence-corrected chi connectivity index (χ4v) is 0. The van der Waals surface area contributed by atoms with Crippen molar-refractivity contribution in [3.63, 3.8) is 0 Å². The van der Waals surface area contributed by atoms with Gasteiger partial charge in [-0.1, -0.05) is 0 Å². The molecule has 0 amide bonds. The first-order chi connectivity index (χ1) is 5.20. The largest absolute Gasteiger partial charge is 3.00 e. The van der Waals surface area contributed by atoms with Gasteiger partial charge in [-0.05, 0) is 0 Å². The van der Waals surface area contributed by atoms with Crippen LogP contribution in [0.3, 0.4) is 0 Å². The van der Waals surface area contributed by atoms with E-state index in [4.69, 9.17) is 36.6 Å². The molecule has 0 fully saturated rings. The first-order valence-corrected chi connectivity index (χ1v) is 7.79. The Labute approximate surface area is 156 Å². The van der Waals surface area contributed by atoms with Crippen LogP contribution in [0.25, 0.3) is 0 Å². The molecule has 0 aliphatic carbocycles. The summed E-state index contributed by atoms with van der Waals surface area (Å²) in [5.41, 5.74) is 0. The number of hydrogen-bond acceptors (Lipinski definition) is 9. The third kappa shape index (κ3) is 280. The molecular weight excluding hydrogens is 695 g/mol. The third-order valence-corrected chi connectivity index (χ3v) is 0. The third-order valence-electron chi connectivity index (χ3n) is 0. The Morgan fingerprint density at radius 1 is 0.500 bits per heavy atom. The summed E-state index contributed by atoms with van der Waals surface area (Å²) in [4.78, 5) is 0. The van der Waals surface area contributed by atoms with Gasteiger partial charge < -0.3 is 0 Å². The normalized spacial score (nSPS) is 7.50. The molecule has 0 rings (SSSR count). The molecule has 0 aromatic carbocycles. The van der Waals surface area contributed by atoms with Crippen LogP contribution in [0, 0.1) is 79.9 Å². The SMILES string of the molecule is O=[Se]([O-])[O-].O=[Se]([O-])[O-].O=[Se]([O-])[O-].[Gd+3].[Gd+3]. The van der Waals surface area contributed by atoms with Gasteiger partial charge in [-0.2, -0.15) is 0 Å². The minimum Gasteiger partial charge on any atom is 3.00 e. The average Bonchev–Trinajstić information content (AvgIpc) is 1.54. The van der Waals surface area contributed by atoms with Gasteiger partial charge in [-0.3, -0.25) is 0 Å². The zero-order chi connectivity index (χ0) is 10.7. The topological polar surface area (TPSA) is 190 Å². The van der Waals surface area contributed by atoms with Gasteiger partial charge in [-0.15, -0.1) is 0 Å². The molecule has 0 unspecified atom stereocenters. The molecule has 0 aromatic rings. The van der Waals surface area contributed by atoms with Gasteiger partial charge in [0.2, 0.25) is 0 Å². The molecule has 9 nitrogen and oxygen atoms in total. The Kier molecular flexibility index (Phi) is 54.9. The summed E-state index contributed by atoms with van der Waals surface area (Å²) in [5.74, 6) is 0. The zero-order valence-corrected chi connectivity index (χ0v) is 15.3. The van der Waals surface area contributed by atoms with Gasteiger partial charge in [-0.25, -0.2) is 0 Å². The second-order valence-corrected chi connectivity index (χ2v) is 3.18. The Morgan fingerprint density at radius 3 is 0.500 bits per heavy atom. The minimum atomic E-state index is -3.79. The van der Waals surface area contributed by atoms with E-state index in [0.29, 0.717) is 0 Å². The van der Waals surface area contributed by atoms with E-state index >= 15 is 0 Å². The van der Waals surface area contributed by atoms with Crippen LogP contribution in [-0.4, -0.2) is 43.5 Å². The Bertz CT molecular complexity index is 116. The van der Waals surface area contributed by atoms with Crippen LogP contribution in [0.5, 0.6) is 0 Å². The average molecular weight is 695 g/mol. The monoisotopic (exact) mass is 700 g/mol. The van der Waals surface area contributed by atoms with E-state index in [9.17, 15) is 0 Å². The first-order valence-electron chi connectivity index (χ1n) is 1.50. The molecule has 0 saturated heterocycles. The molecule has 0 aliphatic rings. The summed E-state index contributed by atoms with van der Waals surface area (Å²) < 4.78 is 76.9. The van der Waals surface area contributed by atoms with Gasteiger partial charge >= 0.3 is 160 Å². The van der Waals surface area contributed by atoms with Crippen molar-refractivity contribution >= 4 is 43.5 Å². The van der Waals surface area contributed by atoms with Gasteiger partial charge in [0, 0.05) is 0 Å². The van der Waals surface area contributed by atoms with Crippen LogP contribution in [0.15, 0.2) is 0 Å². The molecule has 0 aliphatic heterocycles. The summed E-state index contributed by atoms with van der Waals surface area (Å²) in [6.45, 7) is 0. The maximum atomic E-state index is 8.54. The predicted octanol–water partition coefficient (Wildman–Crippen LogP) is -8.63. The van der Waals surface area contributed by atoms with Crippen molar-refractivity contribution in [2.75, 3.05) is 0 Å². The molecule has 0 bridgehead atoms. The Hall–Kier alpha value is 3.37. The van der Waals surface area contributed by atoms with Crippen molar-refractivity contribution in [3.05, 3.63) is 0 Å². The van der Waals surface area contributed by atoms with Crippen molar-refractivity contribution in [3.8, 4) is 0 Å². The van der Waals surface area contributed by atoms with Crippen molar-refractivity contribution in [1.82, 2.24) is 0 Å². The van der Waals surface area contributed by atoms with Crippen molar-refractivity contribution in [2.45, 2.75) is 0 Å². The summed E-state index contributed by atoms with van der Waals surface area (Å²) in [6.07, 6.45) is 0. The van der Waals surface area contributed by atoms with Crippen LogP contribution >= 0.6 is 0 Å². The van der Waals surface area contributed by atoms with Gasteiger partial charge in [0.05, 0.1) is 0 Å². The summed E-state index contributed by atoms with van der Waals surface area (Å²) >= 11 is -11.4. The minimum absolute atomic E-state index is 0. The van der Waals surface area contributed by atoms with Crippen LogP contribution in [0.2, 0.25) is 0 Å². The standard InChI is InChI=1S/2Gd.3H2O3Se/c;;3*1-4(2)3/h;;3*(H2,1,2,3)/q2*+3;;;/p-6. The zero-order valence-electron chi connectivity index (χ0n) is 5.61. The smallest absolute Gasteiger partial charge is 3.00 e. The van der Waals surface area contributed by atoms with E-state index in [0.717, 1.165) is 0 Å². The summed E-state index contributed by atoms with van der Waals surface area (Å²) in [5, 5.41) is 0. The van der Waals surface area contributed by atoms with Gasteiger partial charge in [0.25, 0.3) is 0 Å². The second kappa shape index (κ2) is 25.3. The second-order valence-electron chi connectivity index (χ2n) is 0.612. The molecule has 0 saturated carbocycles. The molecular formula is Gd2O9Se3. The summed E-state index contributed by atoms with van der Waals surface area (Å²) in [6, 6.07) is 0. The van der Waals surface area contributed by atoms with Crippen molar-refractivity contribution in [1.29, 1.82) is 0 Å². The van der Waals surface area contributed by atoms with E-state index in [2.05, 4.69) is 0 Å². The number of rotatable bonds is 0. The van der Waals surface area contributed by atoms with Gasteiger partial charge in [0.15, 0.2) is 0 Å². The van der Waals surface area contributed by atoms with Crippen molar-refractivity contribution < 1.29 is 117 Å². The molecule has 0 atom stereocenters. The molecule has 0 aromatic heterocycles. The van der Waals surface area contributed by atoms with E-state index in [1.54, 1.807) is 0 Å². The number of hydrogen-bond donors (Lipinski definition) is 0. The Morgan fingerprint density at radius 2 is 0.500 bits per heavy atom. The first kappa shape index (κ1) is 30.4. The van der Waals surface area contributed by atoms with E-state index in [1.807, 2.05) is 0 Å². The fraction of sp³-hybridized carbons (Fsp3) is 0. The van der Waals surface area contributed by atoms with Crippen molar-refractivity contribution in [2.24, 2.45) is 0 Å². The molecule has 14 heteroatoms. The molecule has 0 spiro atoms. The van der Waals surface area contributed by atoms with E-state index in [-0.39, 0.29) is 79.9 Å². The van der Waals surface area contributed by atoms with E-state index < -0.39 is 43.5 Å². The molecule has 0 heterocycles. The fourth-order valence-electron chi connectivity index (χ4n) is 0. The Balaban J connectivity index is -0.0000000270. The maximum absolute atomic E-state index is 8.54. The molecule has 0 N–H and O–H groups in total. The summed E-state index contributed by atoms with van der Waals surface area (Å²) in [7, 11) is 0.